The number of hydrogen-bond acceptors (Lipinski definition) is 6. The lowest BCUT2D eigenvalue weighted by Crippen LogP contribution is -2.08. The van der Waals surface area contributed by atoms with Gasteiger partial charge < -0.3 is 10.1 Å². The minimum Gasteiger partial charge on any atom is -0.477 e. The maximum Gasteiger partial charge on any atom is 0.219 e. The van der Waals surface area contributed by atoms with Gasteiger partial charge in [-0.05, 0) is 25.5 Å². The predicted molar refractivity (Wildman–Crippen MR) is 109 cm³/mol. The van der Waals surface area contributed by atoms with Gasteiger partial charge in [0.25, 0.3) is 0 Å². The van der Waals surface area contributed by atoms with Gasteiger partial charge in [-0.1, -0.05) is 6.07 Å². The number of nitrogens with one attached hydrogen (secondary N) is 1. The third-order valence-electron chi connectivity index (χ3n) is 5.19. The Hall–Kier alpha value is -3.42. The summed E-state index contributed by atoms with van der Waals surface area (Å²) in [5.41, 5.74) is 3.93. The van der Waals surface area contributed by atoms with E-state index in [1.807, 2.05) is 61.3 Å². The number of ether oxygens (including phenoxy) is 1. The van der Waals surface area contributed by atoms with Crippen LogP contribution in [0.5, 0.6) is 5.88 Å². The number of anilines is 1. The Morgan fingerprint density at radius 1 is 1.28 bits per heavy atom. The molecule has 1 saturated carbocycles. The molecule has 0 spiro atoms. The molecule has 29 heavy (non-hydrogen) atoms. The third-order valence-corrected chi connectivity index (χ3v) is 5.19. The van der Waals surface area contributed by atoms with E-state index in [2.05, 4.69) is 31.5 Å². The smallest absolute Gasteiger partial charge is 0.219 e. The molecule has 0 radical (unpaired) electrons. The Morgan fingerprint density at radius 3 is 3.00 bits per heavy atom. The Bertz CT molecular complexity index is 1130. The van der Waals surface area contributed by atoms with Crippen LogP contribution >= 0.6 is 0 Å². The zero-order chi connectivity index (χ0) is 19.8. The van der Waals surface area contributed by atoms with Gasteiger partial charge in [-0.25, -0.2) is 0 Å². The molecule has 0 saturated heterocycles. The second-order valence-corrected chi connectivity index (χ2v) is 7.58. The maximum atomic E-state index is 6.06. The van der Waals surface area contributed by atoms with E-state index < -0.39 is 0 Å². The van der Waals surface area contributed by atoms with E-state index in [4.69, 9.17) is 4.74 Å². The van der Waals surface area contributed by atoms with Gasteiger partial charge in [0.1, 0.15) is 5.82 Å². The van der Waals surface area contributed by atoms with Crippen molar-refractivity contribution >= 4 is 11.5 Å². The van der Waals surface area contributed by atoms with Crippen LogP contribution in [0.4, 0.5) is 5.82 Å². The van der Waals surface area contributed by atoms with Crippen LogP contribution in [0.2, 0.25) is 0 Å². The van der Waals surface area contributed by atoms with Gasteiger partial charge in [0, 0.05) is 61.2 Å². The first-order valence-electron chi connectivity index (χ1n) is 9.78. The molecule has 0 aliphatic heterocycles. The third kappa shape index (κ3) is 3.78. The van der Waals surface area contributed by atoms with E-state index in [9.17, 15) is 0 Å². The highest BCUT2D eigenvalue weighted by Crippen LogP contribution is 2.46. The topological polar surface area (TPSA) is 82.2 Å². The van der Waals surface area contributed by atoms with Crippen LogP contribution in [-0.4, -0.2) is 36.0 Å². The Kier molecular flexibility index (Phi) is 4.38. The van der Waals surface area contributed by atoms with Gasteiger partial charge in [0.2, 0.25) is 5.88 Å². The first kappa shape index (κ1) is 17.7. The van der Waals surface area contributed by atoms with Crippen LogP contribution in [0.15, 0.2) is 48.9 Å². The highest BCUT2D eigenvalue weighted by atomic mass is 16.5. The zero-order valence-electron chi connectivity index (χ0n) is 16.5. The number of pyridine rings is 1. The Morgan fingerprint density at radius 2 is 2.21 bits per heavy atom. The van der Waals surface area contributed by atoms with Crippen molar-refractivity contribution in [2.24, 2.45) is 13.0 Å². The van der Waals surface area contributed by atoms with Crippen molar-refractivity contribution < 1.29 is 4.74 Å². The number of hydrogen-bond donors (Lipinski definition) is 1. The van der Waals surface area contributed by atoms with E-state index >= 15 is 0 Å². The van der Waals surface area contributed by atoms with Gasteiger partial charge in [0.05, 0.1) is 18.5 Å². The summed E-state index contributed by atoms with van der Waals surface area (Å²) in [4.78, 5) is 9.08. The fourth-order valence-corrected chi connectivity index (χ4v) is 3.60. The van der Waals surface area contributed by atoms with Crippen LogP contribution in [-0.2, 0) is 13.6 Å². The van der Waals surface area contributed by atoms with Crippen LogP contribution in [0, 0.1) is 12.8 Å². The monoisotopic (exact) mass is 389 g/mol. The normalized spacial score (nSPS) is 18.1. The summed E-state index contributed by atoms with van der Waals surface area (Å²) in [5.74, 6) is 2.43. The summed E-state index contributed by atoms with van der Waals surface area (Å²) in [6, 6.07) is 9.94. The van der Waals surface area contributed by atoms with Crippen molar-refractivity contribution in [3.8, 4) is 5.88 Å². The Balaban J connectivity index is 1.30. The maximum absolute atomic E-state index is 6.06. The number of aromatic nitrogens is 6. The van der Waals surface area contributed by atoms with E-state index in [0.29, 0.717) is 30.9 Å². The summed E-state index contributed by atoms with van der Waals surface area (Å²) in [6.45, 7) is 3.25. The fourth-order valence-electron chi connectivity index (χ4n) is 3.60. The van der Waals surface area contributed by atoms with E-state index in [1.165, 1.54) is 0 Å². The lowest BCUT2D eigenvalue weighted by atomic mass is 10.2. The van der Waals surface area contributed by atoms with Crippen molar-refractivity contribution in [2.45, 2.75) is 25.8 Å². The molecule has 4 heterocycles. The van der Waals surface area contributed by atoms with Crippen molar-refractivity contribution in [2.75, 3.05) is 11.9 Å². The first-order valence-corrected chi connectivity index (χ1v) is 9.78. The number of aryl methyl sites for hydroxylation is 2. The summed E-state index contributed by atoms with van der Waals surface area (Å²) in [7, 11) is 1.91. The van der Waals surface area contributed by atoms with Crippen molar-refractivity contribution in [1.29, 1.82) is 0 Å². The molecule has 0 bridgehead atoms. The largest absolute Gasteiger partial charge is 0.477 e. The summed E-state index contributed by atoms with van der Waals surface area (Å²) >= 11 is 0. The molecule has 5 rings (SSSR count). The Labute approximate surface area is 168 Å². The number of fused-ring (bicyclic) bond motifs is 1. The standard InChI is InChI=1S/C21H23N7O/c1-14-7-20-25-21(29-13-16-8-17(16)18-5-3-4-6-22-18)9-19(28(20)26-14)23-10-15-11-24-27(2)12-15/h3-7,9,11-12,16-17,23H,8,10,13H2,1-2H3/t16-,17+/m0/s1. The molecular formula is C21H23N7O. The van der Waals surface area contributed by atoms with Crippen molar-refractivity contribution in [3.63, 3.8) is 0 Å². The van der Waals surface area contributed by atoms with Gasteiger partial charge in [0.15, 0.2) is 5.65 Å². The van der Waals surface area contributed by atoms with Gasteiger partial charge in [-0.15, -0.1) is 0 Å². The highest BCUT2D eigenvalue weighted by molar-refractivity contribution is 5.52. The minimum atomic E-state index is 0.486. The second-order valence-electron chi connectivity index (χ2n) is 7.58. The minimum absolute atomic E-state index is 0.486. The van der Waals surface area contributed by atoms with Crippen LogP contribution in [0.1, 0.15) is 29.3 Å². The molecule has 148 valence electrons. The quantitative estimate of drug-likeness (QED) is 0.523. The molecule has 4 aromatic heterocycles. The van der Waals surface area contributed by atoms with Crippen LogP contribution in [0.3, 0.4) is 0 Å². The molecule has 4 aromatic rings. The summed E-state index contributed by atoms with van der Waals surface area (Å²) in [6.07, 6.45) is 6.80. The summed E-state index contributed by atoms with van der Waals surface area (Å²) < 4.78 is 9.66. The predicted octanol–water partition coefficient (Wildman–Crippen LogP) is 2.96. The van der Waals surface area contributed by atoms with Crippen LogP contribution < -0.4 is 10.1 Å². The zero-order valence-corrected chi connectivity index (χ0v) is 16.5. The van der Waals surface area contributed by atoms with Crippen molar-refractivity contribution in [1.82, 2.24) is 29.4 Å². The fraction of sp³-hybridized carbons (Fsp3) is 0.333. The molecule has 0 amide bonds. The molecule has 1 aliphatic rings. The molecular weight excluding hydrogens is 366 g/mol. The first-order chi connectivity index (χ1) is 14.2. The lowest BCUT2D eigenvalue weighted by molar-refractivity contribution is 0.286. The van der Waals surface area contributed by atoms with E-state index in [1.54, 1.807) is 4.68 Å². The van der Waals surface area contributed by atoms with Crippen molar-refractivity contribution in [3.05, 3.63) is 65.9 Å². The lowest BCUT2D eigenvalue weighted by Gasteiger charge is -2.11. The SMILES string of the molecule is Cc1cc2nc(OC[C@@H]3C[C@H]3c3ccccn3)cc(NCc3cnn(C)c3)n2n1. The molecule has 8 heteroatoms. The molecule has 2 atom stereocenters. The van der Waals surface area contributed by atoms with Crippen LogP contribution in [0.25, 0.3) is 5.65 Å². The average Bonchev–Trinajstić information content (AvgIpc) is 3.23. The highest BCUT2D eigenvalue weighted by Gasteiger charge is 2.39. The summed E-state index contributed by atoms with van der Waals surface area (Å²) in [5, 5.41) is 12.2. The molecule has 1 fully saturated rings. The molecule has 0 aromatic carbocycles. The molecule has 1 N–H and O–H groups in total. The second kappa shape index (κ2) is 7.20. The van der Waals surface area contributed by atoms with E-state index in [-0.39, 0.29) is 0 Å². The van der Waals surface area contributed by atoms with E-state index in [0.717, 1.165) is 34.8 Å². The van der Waals surface area contributed by atoms with Gasteiger partial charge in [-0.3, -0.25) is 9.67 Å². The average molecular weight is 389 g/mol. The molecule has 0 unspecified atom stereocenters. The molecule has 1 aliphatic carbocycles. The molecule has 8 nitrogen and oxygen atoms in total. The number of nitrogens with zero attached hydrogens (tertiary/aromatic N) is 6. The van der Waals surface area contributed by atoms with Gasteiger partial charge >= 0.3 is 0 Å². The van der Waals surface area contributed by atoms with Gasteiger partial charge in [-0.2, -0.15) is 19.7 Å². The number of rotatable bonds is 7.